The minimum atomic E-state index is -1.25. The summed E-state index contributed by atoms with van der Waals surface area (Å²) < 4.78 is 16.0. The number of aromatic nitrogens is 2. The second-order valence-electron chi connectivity index (χ2n) is 6.63. The van der Waals surface area contributed by atoms with Gasteiger partial charge in [-0.25, -0.2) is 13.7 Å². The molecule has 0 unspecified atom stereocenters. The van der Waals surface area contributed by atoms with Crippen molar-refractivity contribution in [3.63, 3.8) is 0 Å². The molecular weight excluding hydrogens is 393 g/mol. The average Bonchev–Trinajstić information content (AvgIpc) is 3.27. The van der Waals surface area contributed by atoms with Crippen molar-refractivity contribution < 1.29 is 19.1 Å². The number of carbonyl (C=O) groups excluding carboxylic acids is 1. The highest BCUT2D eigenvalue weighted by Crippen LogP contribution is 2.37. The normalized spacial score (nSPS) is 11.0. The monoisotopic (exact) mass is 409 g/mol. The quantitative estimate of drug-likeness (QED) is 0.509. The summed E-state index contributed by atoms with van der Waals surface area (Å²) in [4.78, 5) is 24.6. The minimum Gasteiger partial charge on any atom is -0.478 e. The number of thiophene rings is 1. The van der Waals surface area contributed by atoms with Gasteiger partial charge in [-0.2, -0.15) is 5.10 Å². The predicted molar refractivity (Wildman–Crippen MR) is 109 cm³/mol. The lowest BCUT2D eigenvalue weighted by Crippen LogP contribution is -2.14. The molecule has 1 aromatic carbocycles. The van der Waals surface area contributed by atoms with Gasteiger partial charge in [0, 0.05) is 22.2 Å². The first-order chi connectivity index (χ1) is 13.8. The highest BCUT2D eigenvalue weighted by molar-refractivity contribution is 7.15. The fourth-order valence-electron chi connectivity index (χ4n) is 3.13. The van der Waals surface area contributed by atoms with E-state index in [0.717, 1.165) is 28.1 Å². The second kappa shape index (κ2) is 7.14. The van der Waals surface area contributed by atoms with Crippen molar-refractivity contribution in [2.24, 2.45) is 0 Å². The van der Waals surface area contributed by atoms with Crippen LogP contribution in [-0.4, -0.2) is 26.6 Å². The van der Waals surface area contributed by atoms with Gasteiger partial charge in [-0.1, -0.05) is 18.2 Å². The molecule has 1 amide bonds. The molecular formula is C21H16FN3O3S. The number of nitrogens with one attached hydrogen (secondary N) is 1. The average molecular weight is 409 g/mol. The van der Waals surface area contributed by atoms with Crippen LogP contribution in [0.4, 0.5) is 9.39 Å². The topological polar surface area (TPSA) is 83.7 Å². The van der Waals surface area contributed by atoms with E-state index in [1.807, 2.05) is 25.1 Å². The predicted octanol–water partition coefficient (Wildman–Crippen LogP) is 4.77. The van der Waals surface area contributed by atoms with Crippen molar-refractivity contribution >= 4 is 33.7 Å². The van der Waals surface area contributed by atoms with Crippen molar-refractivity contribution in [1.29, 1.82) is 0 Å². The van der Waals surface area contributed by atoms with Gasteiger partial charge in [0.2, 0.25) is 0 Å². The number of aryl methyl sites for hydroxylation is 2. The molecule has 0 saturated heterocycles. The number of nitrogens with zero attached hydrogens (tertiary/aromatic N) is 2. The minimum absolute atomic E-state index is 0.131. The maximum absolute atomic E-state index is 14.4. The Balaban J connectivity index is 1.71. The summed E-state index contributed by atoms with van der Waals surface area (Å²) >= 11 is 1.03. The number of aromatic carboxylic acids is 1. The van der Waals surface area contributed by atoms with E-state index in [9.17, 15) is 19.1 Å². The Kier molecular flexibility index (Phi) is 4.63. The smallest absolute Gasteiger partial charge is 0.339 e. The van der Waals surface area contributed by atoms with Crippen molar-refractivity contribution in [2.45, 2.75) is 13.8 Å². The van der Waals surface area contributed by atoms with E-state index in [4.69, 9.17) is 0 Å². The Morgan fingerprint density at radius 3 is 2.62 bits per heavy atom. The number of carboxylic acids is 1. The number of hydrogen-bond acceptors (Lipinski definition) is 4. The third kappa shape index (κ3) is 3.38. The molecule has 29 heavy (non-hydrogen) atoms. The molecule has 146 valence electrons. The van der Waals surface area contributed by atoms with Crippen LogP contribution in [0.5, 0.6) is 0 Å². The highest BCUT2D eigenvalue weighted by atomic mass is 32.1. The third-order valence-corrected chi connectivity index (χ3v) is 5.45. The van der Waals surface area contributed by atoms with Crippen LogP contribution in [0.15, 0.2) is 47.8 Å². The first kappa shape index (κ1) is 18.8. The Morgan fingerprint density at radius 2 is 1.93 bits per heavy atom. The molecule has 0 atom stereocenters. The summed E-state index contributed by atoms with van der Waals surface area (Å²) in [5.41, 5.74) is 2.75. The van der Waals surface area contributed by atoms with E-state index < -0.39 is 17.7 Å². The fraction of sp³-hybridized carbons (Fsp3) is 0.0952. The molecule has 8 heteroatoms. The zero-order valence-electron chi connectivity index (χ0n) is 15.6. The molecule has 0 bridgehead atoms. The molecule has 4 rings (SSSR count). The molecule has 6 nitrogen and oxygen atoms in total. The van der Waals surface area contributed by atoms with Gasteiger partial charge in [-0.3, -0.25) is 4.79 Å². The SMILES string of the molecule is Cc1ccc(-c2csc(NC(=O)c3cc4cccc(C)n4n3)c2C(=O)O)c(F)c1. The molecule has 0 saturated carbocycles. The number of rotatable bonds is 4. The van der Waals surface area contributed by atoms with Crippen LogP contribution in [0.25, 0.3) is 16.6 Å². The lowest BCUT2D eigenvalue weighted by Gasteiger charge is -2.06. The van der Waals surface area contributed by atoms with Crippen LogP contribution in [0.1, 0.15) is 32.1 Å². The molecule has 3 heterocycles. The highest BCUT2D eigenvalue weighted by Gasteiger charge is 2.24. The Morgan fingerprint density at radius 1 is 1.14 bits per heavy atom. The van der Waals surface area contributed by atoms with Gasteiger partial charge in [-0.05, 0) is 43.7 Å². The van der Waals surface area contributed by atoms with E-state index in [-0.39, 0.29) is 27.4 Å². The number of carboxylic acid groups (broad SMARTS) is 1. The molecule has 0 aliphatic heterocycles. The summed E-state index contributed by atoms with van der Waals surface area (Å²) in [6, 6.07) is 11.8. The third-order valence-electron chi connectivity index (χ3n) is 4.55. The van der Waals surface area contributed by atoms with Gasteiger partial charge in [-0.15, -0.1) is 11.3 Å². The number of benzene rings is 1. The zero-order valence-corrected chi connectivity index (χ0v) is 16.4. The maximum atomic E-state index is 14.4. The molecule has 3 aromatic heterocycles. The van der Waals surface area contributed by atoms with Crippen molar-refractivity contribution in [2.75, 3.05) is 5.32 Å². The Labute approximate surface area is 169 Å². The van der Waals surface area contributed by atoms with Crippen LogP contribution in [-0.2, 0) is 0 Å². The maximum Gasteiger partial charge on any atom is 0.339 e. The van der Waals surface area contributed by atoms with Crippen molar-refractivity contribution in [3.8, 4) is 11.1 Å². The molecule has 4 aromatic rings. The van der Waals surface area contributed by atoms with Gasteiger partial charge in [0.15, 0.2) is 5.69 Å². The van der Waals surface area contributed by atoms with Crippen molar-refractivity contribution in [1.82, 2.24) is 9.61 Å². The first-order valence-corrected chi connectivity index (χ1v) is 9.61. The second-order valence-corrected chi connectivity index (χ2v) is 7.51. The largest absolute Gasteiger partial charge is 0.478 e. The molecule has 0 aliphatic rings. The van der Waals surface area contributed by atoms with Gasteiger partial charge in [0.05, 0.1) is 5.52 Å². The number of halogens is 1. The number of hydrogen-bond donors (Lipinski definition) is 2. The summed E-state index contributed by atoms with van der Waals surface area (Å²) in [7, 11) is 0. The molecule has 0 fully saturated rings. The molecule has 2 N–H and O–H groups in total. The van der Waals surface area contributed by atoms with Gasteiger partial charge < -0.3 is 10.4 Å². The summed E-state index contributed by atoms with van der Waals surface area (Å²) in [6.07, 6.45) is 0. The van der Waals surface area contributed by atoms with Gasteiger partial charge >= 0.3 is 5.97 Å². The number of anilines is 1. The molecule has 0 radical (unpaired) electrons. The summed E-state index contributed by atoms with van der Waals surface area (Å²) in [5.74, 6) is -2.30. The number of carbonyl (C=O) groups is 2. The van der Waals surface area contributed by atoms with Crippen LogP contribution in [0.3, 0.4) is 0 Å². The molecule has 0 spiro atoms. The van der Waals surface area contributed by atoms with Gasteiger partial charge in [0.1, 0.15) is 16.4 Å². The number of fused-ring (bicyclic) bond motifs is 1. The standard InChI is InChI=1S/C21H16FN3O3S/c1-11-6-7-14(16(22)8-11)15-10-29-20(18(15)21(27)28)23-19(26)17-9-13-5-3-4-12(2)25(13)24-17/h3-10H,1-2H3,(H,23,26)(H,27,28). The summed E-state index contributed by atoms with van der Waals surface area (Å²) in [6.45, 7) is 3.62. The van der Waals surface area contributed by atoms with Crippen LogP contribution in [0.2, 0.25) is 0 Å². The summed E-state index contributed by atoms with van der Waals surface area (Å²) in [5, 5.41) is 18.2. The lowest BCUT2D eigenvalue weighted by atomic mass is 10.0. The van der Waals surface area contributed by atoms with Gasteiger partial charge in [0.25, 0.3) is 5.91 Å². The van der Waals surface area contributed by atoms with E-state index in [2.05, 4.69) is 10.4 Å². The Bertz CT molecular complexity index is 1280. The molecule has 0 aliphatic carbocycles. The van der Waals surface area contributed by atoms with Crippen molar-refractivity contribution in [3.05, 3.63) is 76.2 Å². The van der Waals surface area contributed by atoms with Crippen LogP contribution >= 0.6 is 11.3 Å². The Hall–Kier alpha value is -3.52. The van der Waals surface area contributed by atoms with E-state index in [1.54, 1.807) is 23.6 Å². The van der Waals surface area contributed by atoms with E-state index in [0.29, 0.717) is 0 Å². The number of amides is 1. The van der Waals surface area contributed by atoms with E-state index >= 15 is 0 Å². The lowest BCUT2D eigenvalue weighted by molar-refractivity contribution is 0.0699. The zero-order chi connectivity index (χ0) is 20.7. The van der Waals surface area contributed by atoms with E-state index in [1.165, 1.54) is 17.5 Å². The first-order valence-electron chi connectivity index (χ1n) is 8.73. The number of pyridine rings is 1. The fourth-order valence-corrected chi connectivity index (χ4v) is 4.08. The van der Waals surface area contributed by atoms with Crippen LogP contribution in [0, 0.1) is 19.7 Å². The van der Waals surface area contributed by atoms with Crippen LogP contribution < -0.4 is 5.32 Å².